The number of ether oxygens (including phenoxy) is 1. The molecule has 2 N–H and O–H groups in total. The predicted octanol–water partition coefficient (Wildman–Crippen LogP) is 3.03. The lowest BCUT2D eigenvalue weighted by molar-refractivity contribution is -0.123. The maximum atomic E-state index is 12.4. The zero-order chi connectivity index (χ0) is 21.4. The van der Waals surface area contributed by atoms with Crippen LogP contribution in [0, 0.1) is 5.92 Å². The number of hydrogen-bond donors (Lipinski definition) is 2. The van der Waals surface area contributed by atoms with E-state index in [9.17, 15) is 18.0 Å². The Bertz CT molecular complexity index is 781. The quantitative estimate of drug-likeness (QED) is 0.686. The minimum Gasteiger partial charge on any atom is -0.444 e. The molecule has 0 aliphatic carbocycles. The number of benzene rings is 1. The van der Waals surface area contributed by atoms with Gasteiger partial charge in [-0.25, -0.2) is 13.2 Å². The van der Waals surface area contributed by atoms with Crippen LogP contribution in [0.15, 0.2) is 46.7 Å². The van der Waals surface area contributed by atoms with Crippen molar-refractivity contribution in [2.45, 2.75) is 57.6 Å². The van der Waals surface area contributed by atoms with E-state index in [2.05, 4.69) is 10.6 Å². The van der Waals surface area contributed by atoms with Crippen LogP contribution in [-0.4, -0.2) is 38.6 Å². The van der Waals surface area contributed by atoms with Gasteiger partial charge in [0, 0.05) is 12.0 Å². The Morgan fingerprint density at radius 3 is 2.29 bits per heavy atom. The minimum atomic E-state index is -3.56. The Hall–Kier alpha value is -2.35. The first kappa shape index (κ1) is 23.7. The molecule has 0 heterocycles. The molecule has 156 valence electrons. The highest BCUT2D eigenvalue weighted by Gasteiger charge is 2.24. The summed E-state index contributed by atoms with van der Waals surface area (Å²) in [6, 6.07) is 7.25. The van der Waals surface area contributed by atoms with Crippen molar-refractivity contribution in [3.63, 3.8) is 0 Å². The third kappa shape index (κ3) is 9.03. The molecule has 0 aliphatic heterocycles. The van der Waals surface area contributed by atoms with Crippen molar-refractivity contribution >= 4 is 21.8 Å². The summed E-state index contributed by atoms with van der Waals surface area (Å²) in [5, 5.41) is 6.25. The van der Waals surface area contributed by atoms with E-state index in [0.29, 0.717) is 6.42 Å². The molecule has 8 heteroatoms. The number of rotatable bonds is 8. The smallest absolute Gasteiger partial charge is 0.408 e. The molecule has 28 heavy (non-hydrogen) atoms. The minimum absolute atomic E-state index is 0.0233. The topological polar surface area (TPSA) is 102 Å². The Kier molecular flexibility index (Phi) is 8.68. The van der Waals surface area contributed by atoms with Gasteiger partial charge in [0.2, 0.25) is 5.91 Å². The summed E-state index contributed by atoms with van der Waals surface area (Å²) >= 11 is 0. The summed E-state index contributed by atoms with van der Waals surface area (Å²) in [4.78, 5) is 24.6. The molecular formula is C20H30N2O5S. The fourth-order valence-corrected chi connectivity index (χ4v) is 3.34. The number of hydrogen-bond acceptors (Lipinski definition) is 5. The Balaban J connectivity index is 2.66. The Morgan fingerprint density at radius 1 is 1.14 bits per heavy atom. The van der Waals surface area contributed by atoms with Gasteiger partial charge in [0.25, 0.3) is 0 Å². The number of carbonyl (C=O) groups is 2. The molecule has 7 nitrogen and oxygen atoms in total. The lowest BCUT2D eigenvalue weighted by Gasteiger charge is -2.24. The van der Waals surface area contributed by atoms with Gasteiger partial charge in [-0.15, -0.1) is 0 Å². The second kappa shape index (κ2) is 10.3. The zero-order valence-electron chi connectivity index (χ0n) is 17.1. The van der Waals surface area contributed by atoms with Crippen molar-refractivity contribution in [3.05, 3.63) is 41.8 Å². The lowest BCUT2D eigenvalue weighted by Crippen LogP contribution is -2.48. The first-order valence-corrected chi connectivity index (χ1v) is 10.7. The Morgan fingerprint density at radius 2 is 1.75 bits per heavy atom. The number of alkyl carbamates (subject to hydrolysis) is 1. The monoisotopic (exact) mass is 410 g/mol. The molecule has 1 atom stereocenters. The average molecular weight is 411 g/mol. The second-order valence-corrected chi connectivity index (χ2v) is 9.64. The summed E-state index contributed by atoms with van der Waals surface area (Å²) in [5.41, 5.74) is -0.669. The maximum absolute atomic E-state index is 12.4. The van der Waals surface area contributed by atoms with Crippen molar-refractivity contribution in [3.8, 4) is 0 Å². The maximum Gasteiger partial charge on any atom is 0.408 e. The molecule has 1 rings (SSSR count). The summed E-state index contributed by atoms with van der Waals surface area (Å²) < 4.78 is 29.5. The van der Waals surface area contributed by atoms with E-state index in [4.69, 9.17) is 4.74 Å². The molecule has 0 saturated carbocycles. The molecule has 0 spiro atoms. The largest absolute Gasteiger partial charge is 0.444 e. The molecule has 0 radical (unpaired) electrons. The number of carbonyl (C=O) groups excluding carboxylic acids is 2. The molecule has 1 aromatic carbocycles. The van der Waals surface area contributed by atoms with Crippen molar-refractivity contribution in [2.75, 3.05) is 6.54 Å². The van der Waals surface area contributed by atoms with E-state index < -0.39 is 33.5 Å². The van der Waals surface area contributed by atoms with Gasteiger partial charge < -0.3 is 15.4 Å². The van der Waals surface area contributed by atoms with Gasteiger partial charge >= 0.3 is 6.09 Å². The van der Waals surface area contributed by atoms with E-state index in [1.165, 1.54) is 18.2 Å². The van der Waals surface area contributed by atoms with Crippen LogP contribution in [-0.2, 0) is 19.4 Å². The fraction of sp³-hybridized carbons (Fsp3) is 0.500. The van der Waals surface area contributed by atoms with Gasteiger partial charge in [-0.2, -0.15) is 0 Å². The third-order valence-corrected chi connectivity index (χ3v) is 4.94. The Labute approximate surface area is 167 Å². The van der Waals surface area contributed by atoms with Gasteiger partial charge in [0.15, 0.2) is 9.84 Å². The molecule has 0 saturated heterocycles. The van der Waals surface area contributed by atoms with Crippen LogP contribution in [0.25, 0.3) is 0 Å². The molecule has 0 unspecified atom stereocenters. The molecule has 0 fully saturated rings. The van der Waals surface area contributed by atoms with Gasteiger partial charge in [-0.3, -0.25) is 4.79 Å². The van der Waals surface area contributed by atoms with E-state index in [0.717, 1.165) is 5.41 Å². The highest BCUT2D eigenvalue weighted by Crippen LogP contribution is 2.11. The summed E-state index contributed by atoms with van der Waals surface area (Å²) in [6.07, 6.45) is 1.12. The first-order chi connectivity index (χ1) is 12.9. The average Bonchev–Trinajstić information content (AvgIpc) is 2.56. The third-order valence-electron chi connectivity index (χ3n) is 3.46. The molecular weight excluding hydrogens is 380 g/mol. The molecule has 0 aromatic heterocycles. The van der Waals surface area contributed by atoms with Crippen LogP contribution in [0.2, 0.25) is 0 Å². The first-order valence-electron chi connectivity index (χ1n) is 9.14. The van der Waals surface area contributed by atoms with Crippen LogP contribution in [0.5, 0.6) is 0 Å². The van der Waals surface area contributed by atoms with Crippen LogP contribution >= 0.6 is 0 Å². The SMILES string of the molecule is CC(C)C[C@H](NC(=O)OC(C)(C)C)C(=O)NC/C=C/S(=O)(=O)c1ccccc1. The van der Waals surface area contributed by atoms with Crippen LogP contribution in [0.1, 0.15) is 41.0 Å². The molecule has 0 aliphatic rings. The fourth-order valence-electron chi connectivity index (χ4n) is 2.30. The van der Waals surface area contributed by atoms with Crippen LogP contribution < -0.4 is 10.6 Å². The van der Waals surface area contributed by atoms with Gasteiger partial charge in [0.05, 0.1) is 4.90 Å². The standard InChI is InChI=1S/C20H30N2O5S/c1-15(2)14-17(22-19(24)27-20(3,4)5)18(23)21-12-9-13-28(25,26)16-10-7-6-8-11-16/h6-11,13,15,17H,12,14H2,1-5H3,(H,21,23)(H,22,24)/b13-9+/t17-/m0/s1. The highest BCUT2D eigenvalue weighted by atomic mass is 32.2. The lowest BCUT2D eigenvalue weighted by atomic mass is 10.0. The number of amides is 2. The summed E-state index contributed by atoms with van der Waals surface area (Å²) in [7, 11) is -3.56. The van der Waals surface area contributed by atoms with Crippen molar-refractivity contribution < 1.29 is 22.7 Å². The van der Waals surface area contributed by atoms with Crippen LogP contribution in [0.4, 0.5) is 4.79 Å². The summed E-state index contributed by atoms with van der Waals surface area (Å²) in [6.45, 7) is 9.11. The zero-order valence-corrected chi connectivity index (χ0v) is 17.9. The van der Waals surface area contributed by atoms with E-state index in [1.54, 1.807) is 39.0 Å². The molecule has 2 amide bonds. The predicted molar refractivity (Wildman–Crippen MR) is 108 cm³/mol. The number of nitrogens with one attached hydrogen (secondary N) is 2. The highest BCUT2D eigenvalue weighted by molar-refractivity contribution is 7.94. The van der Waals surface area contributed by atoms with Gasteiger partial charge in [-0.1, -0.05) is 38.1 Å². The van der Waals surface area contributed by atoms with Crippen molar-refractivity contribution in [1.29, 1.82) is 0 Å². The van der Waals surface area contributed by atoms with E-state index >= 15 is 0 Å². The van der Waals surface area contributed by atoms with E-state index in [-0.39, 0.29) is 17.4 Å². The van der Waals surface area contributed by atoms with Gasteiger partial charge in [-0.05, 0) is 45.2 Å². The van der Waals surface area contributed by atoms with Gasteiger partial charge in [0.1, 0.15) is 11.6 Å². The van der Waals surface area contributed by atoms with Crippen molar-refractivity contribution in [2.24, 2.45) is 5.92 Å². The van der Waals surface area contributed by atoms with Crippen molar-refractivity contribution in [1.82, 2.24) is 10.6 Å². The van der Waals surface area contributed by atoms with E-state index in [1.807, 2.05) is 13.8 Å². The van der Waals surface area contributed by atoms with Crippen LogP contribution in [0.3, 0.4) is 0 Å². The number of sulfone groups is 1. The molecule has 1 aromatic rings. The second-order valence-electron chi connectivity index (χ2n) is 7.80. The normalized spacial score (nSPS) is 13.4. The molecule has 0 bridgehead atoms. The summed E-state index contributed by atoms with van der Waals surface area (Å²) in [5.74, 6) is -0.235.